The number of carbonyl (C=O) groups excluding carboxylic acids is 1. The molecule has 2 N–H and O–H groups in total. The number of hydrogen-bond donors (Lipinski definition) is 2. The number of anilines is 3. The SMILES string of the molecule is O=C(Nc1ccc(F)cc1)Nc1ccc(CN2CCN(c3ccccc3)CC2)cc1. The van der Waals surface area contributed by atoms with Crippen molar-refractivity contribution in [3.05, 3.63) is 90.2 Å². The second kappa shape index (κ2) is 9.41. The van der Waals surface area contributed by atoms with Crippen LogP contribution in [0, 0.1) is 5.82 Å². The Morgan fingerprint density at radius 1 is 0.767 bits per heavy atom. The summed E-state index contributed by atoms with van der Waals surface area (Å²) in [6, 6.07) is 23.7. The molecule has 0 aromatic heterocycles. The van der Waals surface area contributed by atoms with Crippen LogP contribution >= 0.6 is 0 Å². The third-order valence-corrected chi connectivity index (χ3v) is 5.21. The van der Waals surface area contributed by atoms with Gasteiger partial charge in [-0.25, -0.2) is 9.18 Å². The number of para-hydroxylation sites is 1. The minimum Gasteiger partial charge on any atom is -0.369 e. The fourth-order valence-electron chi connectivity index (χ4n) is 3.58. The molecule has 0 bridgehead atoms. The maximum atomic E-state index is 12.9. The van der Waals surface area contributed by atoms with Gasteiger partial charge >= 0.3 is 6.03 Å². The van der Waals surface area contributed by atoms with Crippen molar-refractivity contribution in [3.63, 3.8) is 0 Å². The first-order valence-electron chi connectivity index (χ1n) is 10.1. The lowest BCUT2D eigenvalue weighted by Gasteiger charge is -2.36. The number of hydrogen-bond acceptors (Lipinski definition) is 3. The molecule has 3 aromatic carbocycles. The second-order valence-corrected chi connectivity index (χ2v) is 7.38. The molecule has 30 heavy (non-hydrogen) atoms. The third kappa shape index (κ3) is 5.36. The van der Waals surface area contributed by atoms with E-state index in [1.54, 1.807) is 0 Å². The van der Waals surface area contributed by atoms with E-state index in [0.29, 0.717) is 11.4 Å². The van der Waals surface area contributed by atoms with Crippen LogP contribution in [0.5, 0.6) is 0 Å². The number of amides is 2. The van der Waals surface area contributed by atoms with Crippen molar-refractivity contribution in [2.75, 3.05) is 41.7 Å². The van der Waals surface area contributed by atoms with Gasteiger partial charge in [0.05, 0.1) is 0 Å². The van der Waals surface area contributed by atoms with Crippen LogP contribution in [-0.2, 0) is 6.54 Å². The van der Waals surface area contributed by atoms with Gasteiger partial charge in [-0.1, -0.05) is 30.3 Å². The van der Waals surface area contributed by atoms with Gasteiger partial charge < -0.3 is 15.5 Å². The summed E-state index contributed by atoms with van der Waals surface area (Å²) in [5.74, 6) is -0.335. The third-order valence-electron chi connectivity index (χ3n) is 5.21. The summed E-state index contributed by atoms with van der Waals surface area (Å²) < 4.78 is 12.9. The van der Waals surface area contributed by atoms with Gasteiger partial charge in [0.25, 0.3) is 0 Å². The molecule has 0 unspecified atom stereocenters. The summed E-state index contributed by atoms with van der Waals surface area (Å²) in [6.45, 7) is 4.98. The van der Waals surface area contributed by atoms with Crippen LogP contribution in [0.3, 0.4) is 0 Å². The number of nitrogens with zero attached hydrogens (tertiary/aromatic N) is 2. The van der Waals surface area contributed by atoms with E-state index in [0.717, 1.165) is 32.7 Å². The molecule has 3 aromatic rings. The number of carbonyl (C=O) groups is 1. The van der Waals surface area contributed by atoms with Crippen molar-refractivity contribution in [3.8, 4) is 0 Å². The molecule has 1 aliphatic heterocycles. The molecule has 154 valence electrons. The molecule has 1 aliphatic rings. The summed E-state index contributed by atoms with van der Waals surface area (Å²) in [6.07, 6.45) is 0. The molecule has 1 saturated heterocycles. The number of nitrogens with one attached hydrogen (secondary N) is 2. The Bertz CT molecular complexity index is 953. The van der Waals surface area contributed by atoms with Gasteiger partial charge in [-0.05, 0) is 54.1 Å². The first kappa shape index (κ1) is 19.9. The van der Waals surface area contributed by atoms with Crippen molar-refractivity contribution < 1.29 is 9.18 Å². The lowest BCUT2D eigenvalue weighted by molar-refractivity contribution is 0.250. The zero-order chi connectivity index (χ0) is 20.8. The zero-order valence-corrected chi connectivity index (χ0v) is 16.7. The van der Waals surface area contributed by atoms with Crippen LogP contribution < -0.4 is 15.5 Å². The van der Waals surface area contributed by atoms with Crippen LogP contribution in [0.2, 0.25) is 0 Å². The normalized spacial score (nSPS) is 14.4. The highest BCUT2D eigenvalue weighted by atomic mass is 19.1. The Hall–Kier alpha value is -3.38. The highest BCUT2D eigenvalue weighted by molar-refractivity contribution is 5.99. The lowest BCUT2D eigenvalue weighted by Crippen LogP contribution is -2.45. The monoisotopic (exact) mass is 404 g/mol. The molecule has 0 atom stereocenters. The standard InChI is InChI=1S/C24H25FN4O/c25-20-8-12-22(13-9-20)27-24(30)26-21-10-6-19(7-11-21)18-28-14-16-29(17-15-28)23-4-2-1-3-5-23/h1-13H,14-18H2,(H2,26,27,30). The van der Waals surface area contributed by atoms with Gasteiger partial charge in [0, 0.05) is 49.8 Å². The number of benzene rings is 3. The molecule has 0 radical (unpaired) electrons. The van der Waals surface area contributed by atoms with Crippen LogP contribution in [0.25, 0.3) is 0 Å². The summed E-state index contributed by atoms with van der Waals surface area (Å²) >= 11 is 0. The molecular formula is C24H25FN4O. The van der Waals surface area contributed by atoms with Crippen LogP contribution in [-0.4, -0.2) is 37.1 Å². The van der Waals surface area contributed by atoms with E-state index < -0.39 is 0 Å². The van der Waals surface area contributed by atoms with E-state index in [-0.39, 0.29) is 11.8 Å². The molecule has 1 fully saturated rings. The predicted molar refractivity (Wildman–Crippen MR) is 119 cm³/mol. The minimum absolute atomic E-state index is 0.335. The van der Waals surface area contributed by atoms with E-state index in [9.17, 15) is 9.18 Å². The summed E-state index contributed by atoms with van der Waals surface area (Å²) in [4.78, 5) is 17.0. The Balaban J connectivity index is 1.25. The summed E-state index contributed by atoms with van der Waals surface area (Å²) in [7, 11) is 0. The van der Waals surface area contributed by atoms with Crippen molar-refractivity contribution in [1.82, 2.24) is 4.90 Å². The van der Waals surface area contributed by atoms with Crippen molar-refractivity contribution in [1.29, 1.82) is 0 Å². The Morgan fingerprint density at radius 3 is 1.93 bits per heavy atom. The van der Waals surface area contributed by atoms with E-state index in [4.69, 9.17) is 0 Å². The van der Waals surface area contributed by atoms with E-state index in [1.165, 1.54) is 35.5 Å². The lowest BCUT2D eigenvalue weighted by atomic mass is 10.1. The first-order chi connectivity index (χ1) is 14.7. The first-order valence-corrected chi connectivity index (χ1v) is 10.1. The summed E-state index contributed by atoms with van der Waals surface area (Å²) in [5.41, 5.74) is 3.76. The highest BCUT2D eigenvalue weighted by Gasteiger charge is 2.17. The highest BCUT2D eigenvalue weighted by Crippen LogP contribution is 2.18. The number of rotatable bonds is 5. The average Bonchev–Trinajstić information content (AvgIpc) is 2.78. The van der Waals surface area contributed by atoms with Gasteiger partial charge in [-0.3, -0.25) is 4.90 Å². The minimum atomic E-state index is -0.355. The van der Waals surface area contributed by atoms with Gasteiger partial charge in [0.2, 0.25) is 0 Å². The molecule has 5 nitrogen and oxygen atoms in total. The molecule has 1 heterocycles. The van der Waals surface area contributed by atoms with Crippen LogP contribution in [0.4, 0.5) is 26.2 Å². The number of piperazine rings is 1. The molecule has 0 spiro atoms. The Labute approximate surface area is 176 Å². The van der Waals surface area contributed by atoms with Crippen LogP contribution in [0.1, 0.15) is 5.56 Å². The Morgan fingerprint density at radius 2 is 1.33 bits per heavy atom. The molecule has 6 heteroatoms. The summed E-state index contributed by atoms with van der Waals surface area (Å²) in [5, 5.41) is 5.48. The van der Waals surface area contributed by atoms with Gasteiger partial charge in [-0.15, -0.1) is 0 Å². The fraction of sp³-hybridized carbons (Fsp3) is 0.208. The van der Waals surface area contributed by atoms with E-state index in [2.05, 4.69) is 44.7 Å². The molecule has 4 rings (SSSR count). The topological polar surface area (TPSA) is 47.6 Å². The van der Waals surface area contributed by atoms with Crippen molar-refractivity contribution in [2.24, 2.45) is 0 Å². The van der Waals surface area contributed by atoms with E-state index >= 15 is 0 Å². The Kier molecular flexibility index (Phi) is 6.25. The molecule has 2 amide bonds. The smallest absolute Gasteiger partial charge is 0.323 e. The average molecular weight is 404 g/mol. The van der Waals surface area contributed by atoms with Gasteiger partial charge in [0.15, 0.2) is 0 Å². The maximum Gasteiger partial charge on any atom is 0.323 e. The molecule has 0 saturated carbocycles. The second-order valence-electron chi connectivity index (χ2n) is 7.38. The molecule has 0 aliphatic carbocycles. The van der Waals surface area contributed by atoms with Crippen LogP contribution in [0.15, 0.2) is 78.9 Å². The molecular weight excluding hydrogens is 379 g/mol. The van der Waals surface area contributed by atoms with Crippen molar-refractivity contribution >= 4 is 23.1 Å². The fourth-order valence-corrected chi connectivity index (χ4v) is 3.58. The number of urea groups is 1. The predicted octanol–water partition coefficient (Wildman–Crippen LogP) is 4.79. The van der Waals surface area contributed by atoms with Gasteiger partial charge in [0.1, 0.15) is 5.82 Å². The quantitative estimate of drug-likeness (QED) is 0.643. The zero-order valence-electron chi connectivity index (χ0n) is 16.7. The number of halogens is 1. The van der Waals surface area contributed by atoms with E-state index in [1.807, 2.05) is 30.3 Å². The maximum absolute atomic E-state index is 12.9. The van der Waals surface area contributed by atoms with Crippen molar-refractivity contribution in [2.45, 2.75) is 6.54 Å². The van der Waals surface area contributed by atoms with Gasteiger partial charge in [-0.2, -0.15) is 0 Å². The largest absolute Gasteiger partial charge is 0.369 e.